The molecule has 0 bridgehead atoms. The number of nitrogens with zero attached hydrogens (tertiary/aromatic N) is 3. The number of nitrogens with one attached hydrogen (secondary N) is 1. The molecule has 0 aliphatic heterocycles. The molecule has 2 heterocycles. The number of pyridine rings is 1. The number of hydrogen-bond acceptors (Lipinski definition) is 4. The van der Waals surface area contributed by atoms with E-state index in [1.54, 1.807) is 6.20 Å². The minimum atomic E-state index is -0.0315. The highest BCUT2D eigenvalue weighted by Crippen LogP contribution is 2.19. The molecule has 19 heavy (non-hydrogen) atoms. The first kappa shape index (κ1) is 14.0. The van der Waals surface area contributed by atoms with Crippen molar-refractivity contribution in [2.24, 2.45) is 5.84 Å². The topological polar surface area (TPSA) is 68.8 Å². The van der Waals surface area contributed by atoms with E-state index in [1.165, 1.54) is 0 Å². The fraction of sp³-hybridized carbons (Fsp3) is 0.385. The van der Waals surface area contributed by atoms with E-state index >= 15 is 0 Å². The molecule has 0 aliphatic rings. The van der Waals surface area contributed by atoms with Crippen LogP contribution in [0.25, 0.3) is 0 Å². The Morgan fingerprint density at radius 2 is 2.21 bits per heavy atom. The van der Waals surface area contributed by atoms with Crippen LogP contribution in [0.3, 0.4) is 0 Å². The van der Waals surface area contributed by atoms with E-state index in [4.69, 9.17) is 17.4 Å². The molecule has 1 atom stereocenters. The van der Waals surface area contributed by atoms with Crippen LogP contribution in [0.15, 0.2) is 30.6 Å². The van der Waals surface area contributed by atoms with Crippen molar-refractivity contribution in [3.05, 3.63) is 47.0 Å². The van der Waals surface area contributed by atoms with Crippen LogP contribution in [-0.4, -0.2) is 14.8 Å². The summed E-state index contributed by atoms with van der Waals surface area (Å²) in [6.45, 7) is 4.19. The van der Waals surface area contributed by atoms with Crippen LogP contribution in [0.4, 0.5) is 0 Å². The molecule has 2 aromatic heterocycles. The number of hydrogen-bond donors (Lipinski definition) is 2. The van der Waals surface area contributed by atoms with Gasteiger partial charge in [-0.3, -0.25) is 16.0 Å². The summed E-state index contributed by atoms with van der Waals surface area (Å²) in [5.41, 5.74) is 4.79. The fourth-order valence-electron chi connectivity index (χ4n) is 1.89. The Morgan fingerprint density at radius 1 is 1.42 bits per heavy atom. The average Bonchev–Trinajstić information content (AvgIpc) is 2.84. The van der Waals surface area contributed by atoms with Crippen molar-refractivity contribution in [3.8, 4) is 0 Å². The number of aromatic nitrogens is 3. The second-order valence-corrected chi connectivity index (χ2v) is 5.10. The SMILES string of the molecule is CC(C)n1ccc(CC(NN)c2ccnc(Cl)c2)n1. The molecule has 2 aromatic rings. The summed E-state index contributed by atoms with van der Waals surface area (Å²) < 4.78 is 1.93. The molecule has 3 N–H and O–H groups in total. The number of nitrogens with two attached hydrogens (primary N) is 1. The molecule has 102 valence electrons. The maximum Gasteiger partial charge on any atom is 0.129 e. The van der Waals surface area contributed by atoms with E-state index in [0.29, 0.717) is 17.6 Å². The zero-order valence-corrected chi connectivity index (χ0v) is 11.8. The first-order valence-corrected chi connectivity index (χ1v) is 6.59. The molecule has 5 nitrogen and oxygen atoms in total. The maximum absolute atomic E-state index is 5.90. The number of hydrazine groups is 1. The van der Waals surface area contributed by atoms with Gasteiger partial charge in [0.2, 0.25) is 0 Å². The van der Waals surface area contributed by atoms with E-state index in [2.05, 4.69) is 29.4 Å². The molecule has 6 heteroatoms. The highest BCUT2D eigenvalue weighted by Gasteiger charge is 2.13. The third-order valence-electron chi connectivity index (χ3n) is 2.96. The summed E-state index contributed by atoms with van der Waals surface area (Å²) in [7, 11) is 0. The Balaban J connectivity index is 2.14. The van der Waals surface area contributed by atoms with Gasteiger partial charge in [0.25, 0.3) is 0 Å². The van der Waals surface area contributed by atoms with Crippen molar-refractivity contribution in [1.29, 1.82) is 0 Å². The third-order valence-corrected chi connectivity index (χ3v) is 3.17. The van der Waals surface area contributed by atoms with Crippen molar-refractivity contribution in [2.75, 3.05) is 0 Å². The Hall–Kier alpha value is -1.43. The average molecular weight is 280 g/mol. The van der Waals surface area contributed by atoms with Crippen molar-refractivity contribution in [1.82, 2.24) is 20.2 Å². The predicted molar refractivity (Wildman–Crippen MR) is 75.6 cm³/mol. The molecular weight excluding hydrogens is 262 g/mol. The summed E-state index contributed by atoms with van der Waals surface area (Å²) in [5.74, 6) is 5.62. The molecule has 0 aliphatic carbocycles. The smallest absolute Gasteiger partial charge is 0.129 e. The molecule has 2 rings (SSSR count). The number of halogens is 1. The highest BCUT2D eigenvalue weighted by atomic mass is 35.5. The molecule has 1 unspecified atom stereocenters. The molecule has 0 saturated carbocycles. The molecule has 0 spiro atoms. The Kier molecular flexibility index (Phi) is 4.52. The Bertz CT molecular complexity index is 537. The molecular formula is C13H18ClN5. The second kappa shape index (κ2) is 6.14. The maximum atomic E-state index is 5.90. The van der Waals surface area contributed by atoms with E-state index in [1.807, 2.05) is 29.1 Å². The van der Waals surface area contributed by atoms with Crippen molar-refractivity contribution < 1.29 is 0 Å². The van der Waals surface area contributed by atoms with Gasteiger partial charge in [-0.2, -0.15) is 5.10 Å². The minimum absolute atomic E-state index is 0.0315. The molecule has 0 fully saturated rings. The summed E-state index contributed by atoms with van der Waals surface area (Å²) >= 11 is 5.90. The normalized spacial score (nSPS) is 12.9. The molecule has 0 saturated heterocycles. The fourth-order valence-corrected chi connectivity index (χ4v) is 2.07. The molecule has 0 amide bonds. The minimum Gasteiger partial charge on any atom is -0.271 e. The monoisotopic (exact) mass is 279 g/mol. The summed E-state index contributed by atoms with van der Waals surface area (Å²) in [6, 6.07) is 6.04. The van der Waals surface area contributed by atoms with Gasteiger partial charge in [0.1, 0.15) is 5.15 Å². The van der Waals surface area contributed by atoms with Crippen molar-refractivity contribution >= 4 is 11.6 Å². The van der Waals surface area contributed by atoms with Gasteiger partial charge < -0.3 is 0 Å². The largest absolute Gasteiger partial charge is 0.271 e. The van der Waals surface area contributed by atoms with Crippen molar-refractivity contribution in [3.63, 3.8) is 0 Å². The second-order valence-electron chi connectivity index (χ2n) is 4.72. The lowest BCUT2D eigenvalue weighted by atomic mass is 10.0. The van der Waals surface area contributed by atoms with Crippen molar-refractivity contribution in [2.45, 2.75) is 32.4 Å². The van der Waals surface area contributed by atoms with Crippen LogP contribution in [-0.2, 0) is 6.42 Å². The van der Waals surface area contributed by atoms with Crippen LogP contribution in [0.5, 0.6) is 0 Å². The van der Waals surface area contributed by atoms with Gasteiger partial charge in [-0.1, -0.05) is 11.6 Å². The van der Waals surface area contributed by atoms with E-state index in [-0.39, 0.29) is 6.04 Å². The lowest BCUT2D eigenvalue weighted by molar-refractivity contribution is 0.506. The van der Waals surface area contributed by atoms with Gasteiger partial charge >= 0.3 is 0 Å². The lowest BCUT2D eigenvalue weighted by Gasteiger charge is -2.15. The predicted octanol–water partition coefficient (Wildman–Crippen LogP) is 2.26. The van der Waals surface area contributed by atoms with Crippen LogP contribution in [0.2, 0.25) is 5.15 Å². The first-order valence-electron chi connectivity index (χ1n) is 6.21. The lowest BCUT2D eigenvalue weighted by Crippen LogP contribution is -2.29. The zero-order chi connectivity index (χ0) is 13.8. The summed E-state index contributed by atoms with van der Waals surface area (Å²) in [4.78, 5) is 3.97. The van der Waals surface area contributed by atoms with Crippen LogP contribution in [0, 0.1) is 0 Å². The van der Waals surface area contributed by atoms with Crippen LogP contribution >= 0.6 is 11.6 Å². The van der Waals surface area contributed by atoms with Crippen LogP contribution in [0.1, 0.15) is 37.2 Å². The van der Waals surface area contributed by atoms with Crippen LogP contribution < -0.4 is 11.3 Å². The standard InChI is InChI=1S/C13H18ClN5/c1-9(2)19-6-4-11(18-19)8-12(17-15)10-3-5-16-13(14)7-10/h3-7,9,12,17H,8,15H2,1-2H3. The summed E-state index contributed by atoms with van der Waals surface area (Å²) in [6.07, 6.45) is 4.36. The van der Waals surface area contributed by atoms with E-state index in [9.17, 15) is 0 Å². The first-order chi connectivity index (χ1) is 9.10. The molecule has 0 aromatic carbocycles. The number of rotatable bonds is 5. The van der Waals surface area contributed by atoms with Gasteiger partial charge in [0.15, 0.2) is 0 Å². The highest BCUT2D eigenvalue weighted by molar-refractivity contribution is 6.29. The zero-order valence-electron chi connectivity index (χ0n) is 11.0. The van der Waals surface area contributed by atoms with Gasteiger partial charge in [0.05, 0.1) is 11.7 Å². The van der Waals surface area contributed by atoms with Gasteiger partial charge in [-0.25, -0.2) is 4.98 Å². The van der Waals surface area contributed by atoms with Gasteiger partial charge in [0, 0.05) is 24.9 Å². The van der Waals surface area contributed by atoms with E-state index in [0.717, 1.165) is 11.3 Å². The molecule has 0 radical (unpaired) electrons. The Labute approximate surface area is 117 Å². The van der Waals surface area contributed by atoms with Gasteiger partial charge in [-0.15, -0.1) is 0 Å². The Morgan fingerprint density at radius 3 is 2.79 bits per heavy atom. The summed E-state index contributed by atoms with van der Waals surface area (Å²) in [5, 5.41) is 4.98. The quantitative estimate of drug-likeness (QED) is 0.500. The van der Waals surface area contributed by atoms with E-state index < -0.39 is 0 Å². The third kappa shape index (κ3) is 3.53. The van der Waals surface area contributed by atoms with Gasteiger partial charge in [-0.05, 0) is 37.6 Å².